The Labute approximate surface area is 123 Å². The van der Waals surface area contributed by atoms with Crippen LogP contribution < -0.4 is 5.32 Å². The molecule has 0 bridgehead atoms. The molecule has 4 heteroatoms. The molecule has 1 aromatic carbocycles. The number of hydrogen-bond acceptors (Lipinski definition) is 3. The number of halogens is 1. The lowest BCUT2D eigenvalue weighted by Gasteiger charge is -2.05. The van der Waals surface area contributed by atoms with E-state index in [0.29, 0.717) is 5.02 Å². The summed E-state index contributed by atoms with van der Waals surface area (Å²) < 4.78 is 0. The maximum atomic E-state index is 5.82. The molecule has 0 saturated carbocycles. The lowest BCUT2D eigenvalue weighted by atomic mass is 10.2. The molecule has 19 heavy (non-hydrogen) atoms. The van der Waals surface area contributed by atoms with Crippen LogP contribution in [0, 0.1) is 0 Å². The first kappa shape index (κ1) is 14.4. The predicted octanol–water partition coefficient (Wildman–Crippen LogP) is 4.39. The number of benzene rings is 1. The van der Waals surface area contributed by atoms with Gasteiger partial charge in [0.05, 0.1) is 5.02 Å². The van der Waals surface area contributed by atoms with Crippen LogP contribution >= 0.6 is 23.4 Å². The van der Waals surface area contributed by atoms with Crippen LogP contribution in [0.1, 0.15) is 18.9 Å². The summed E-state index contributed by atoms with van der Waals surface area (Å²) >= 11 is 7.46. The second-order valence-corrected chi connectivity index (χ2v) is 5.77. The first-order valence-corrected chi connectivity index (χ1v) is 7.56. The fourth-order valence-corrected chi connectivity index (χ4v) is 2.50. The highest BCUT2D eigenvalue weighted by atomic mass is 35.5. The zero-order chi connectivity index (χ0) is 13.5. The molecule has 1 aromatic heterocycles. The van der Waals surface area contributed by atoms with Gasteiger partial charge in [-0.2, -0.15) is 0 Å². The van der Waals surface area contributed by atoms with Gasteiger partial charge in [-0.3, -0.25) is 0 Å². The lowest BCUT2D eigenvalue weighted by molar-refractivity contribution is 0.675. The first-order chi connectivity index (χ1) is 9.28. The fraction of sp³-hybridized carbons (Fsp3) is 0.267. The molecular formula is C15H17ClN2S. The van der Waals surface area contributed by atoms with Crippen molar-refractivity contribution in [3.05, 3.63) is 53.2 Å². The molecular weight excluding hydrogens is 276 g/mol. The Morgan fingerprint density at radius 3 is 2.58 bits per heavy atom. The van der Waals surface area contributed by atoms with E-state index in [1.54, 1.807) is 18.0 Å². The van der Waals surface area contributed by atoms with Crippen molar-refractivity contribution in [1.29, 1.82) is 0 Å². The van der Waals surface area contributed by atoms with E-state index in [1.807, 2.05) is 12.1 Å². The minimum atomic E-state index is 0.668. The minimum absolute atomic E-state index is 0.668. The van der Waals surface area contributed by atoms with Gasteiger partial charge in [-0.1, -0.05) is 42.4 Å². The monoisotopic (exact) mass is 292 g/mol. The molecule has 2 rings (SSSR count). The van der Waals surface area contributed by atoms with Crippen LogP contribution in [0.25, 0.3) is 0 Å². The molecule has 0 aliphatic heterocycles. The lowest BCUT2D eigenvalue weighted by Crippen LogP contribution is -2.13. The Balaban J connectivity index is 1.92. The Hall–Kier alpha value is -1.03. The maximum absolute atomic E-state index is 5.82. The van der Waals surface area contributed by atoms with Crippen molar-refractivity contribution in [3.63, 3.8) is 0 Å². The molecule has 1 N–H and O–H groups in total. The van der Waals surface area contributed by atoms with Gasteiger partial charge in [0.15, 0.2) is 0 Å². The summed E-state index contributed by atoms with van der Waals surface area (Å²) in [6.45, 7) is 4.16. The van der Waals surface area contributed by atoms with E-state index in [9.17, 15) is 0 Å². The third-order valence-corrected chi connectivity index (χ3v) is 3.78. The van der Waals surface area contributed by atoms with Gasteiger partial charge in [-0.05, 0) is 42.8 Å². The second-order valence-electron chi connectivity index (χ2n) is 4.24. The summed E-state index contributed by atoms with van der Waals surface area (Å²) in [4.78, 5) is 5.46. The van der Waals surface area contributed by atoms with Crippen LogP contribution in [0.5, 0.6) is 0 Å². The molecule has 0 radical (unpaired) electrons. The molecule has 100 valence electrons. The van der Waals surface area contributed by atoms with E-state index in [4.69, 9.17) is 11.6 Å². The van der Waals surface area contributed by atoms with Crippen LogP contribution in [0.3, 0.4) is 0 Å². The van der Waals surface area contributed by atoms with Gasteiger partial charge in [-0.25, -0.2) is 4.98 Å². The highest BCUT2D eigenvalue weighted by Gasteiger charge is 1.99. The topological polar surface area (TPSA) is 24.9 Å². The predicted molar refractivity (Wildman–Crippen MR) is 81.8 cm³/mol. The molecule has 0 spiro atoms. The molecule has 0 atom stereocenters. The quantitative estimate of drug-likeness (QED) is 0.800. The molecule has 0 fully saturated rings. The highest BCUT2D eigenvalue weighted by Crippen LogP contribution is 2.26. The van der Waals surface area contributed by atoms with E-state index in [1.165, 1.54) is 10.5 Å². The molecule has 0 amide bonds. The Morgan fingerprint density at radius 1 is 1.16 bits per heavy atom. The number of nitrogens with one attached hydrogen (secondary N) is 1. The standard InChI is InChI=1S/C15H17ClN2S/c1-2-9-17-10-12-3-6-14(7-4-12)19-15-8-5-13(16)11-18-15/h3-8,11,17H,2,9-10H2,1H3. The number of rotatable bonds is 6. The van der Waals surface area contributed by atoms with E-state index in [-0.39, 0.29) is 0 Å². The zero-order valence-electron chi connectivity index (χ0n) is 10.9. The number of nitrogens with zero attached hydrogens (tertiary/aromatic N) is 1. The van der Waals surface area contributed by atoms with Crippen molar-refractivity contribution < 1.29 is 0 Å². The maximum Gasteiger partial charge on any atom is 0.101 e. The van der Waals surface area contributed by atoms with Gasteiger partial charge in [0.2, 0.25) is 0 Å². The summed E-state index contributed by atoms with van der Waals surface area (Å²) in [5.41, 5.74) is 1.31. The number of aromatic nitrogens is 1. The second kappa shape index (κ2) is 7.53. The fourth-order valence-electron chi connectivity index (χ4n) is 1.63. The van der Waals surface area contributed by atoms with Crippen molar-refractivity contribution in [2.75, 3.05) is 6.54 Å². The number of hydrogen-bond donors (Lipinski definition) is 1. The normalized spacial score (nSPS) is 10.6. The first-order valence-electron chi connectivity index (χ1n) is 6.37. The van der Waals surface area contributed by atoms with Crippen molar-refractivity contribution in [2.24, 2.45) is 0 Å². The van der Waals surface area contributed by atoms with Crippen molar-refractivity contribution in [3.8, 4) is 0 Å². The van der Waals surface area contributed by atoms with Crippen LogP contribution in [0.15, 0.2) is 52.5 Å². The molecule has 0 saturated heterocycles. The average Bonchev–Trinajstić information content (AvgIpc) is 2.44. The average molecular weight is 293 g/mol. The van der Waals surface area contributed by atoms with Gasteiger partial charge in [-0.15, -0.1) is 0 Å². The molecule has 0 aliphatic carbocycles. The Kier molecular flexibility index (Phi) is 5.70. The highest BCUT2D eigenvalue weighted by molar-refractivity contribution is 7.99. The van der Waals surface area contributed by atoms with Gasteiger partial charge in [0.25, 0.3) is 0 Å². The minimum Gasteiger partial charge on any atom is -0.313 e. The van der Waals surface area contributed by atoms with E-state index in [0.717, 1.165) is 24.5 Å². The molecule has 2 aromatic rings. The van der Waals surface area contributed by atoms with Crippen molar-refractivity contribution in [2.45, 2.75) is 29.8 Å². The summed E-state index contributed by atoms with van der Waals surface area (Å²) in [7, 11) is 0. The van der Waals surface area contributed by atoms with Crippen LogP contribution in [0.2, 0.25) is 5.02 Å². The number of pyridine rings is 1. The molecule has 2 nitrogen and oxygen atoms in total. The van der Waals surface area contributed by atoms with Gasteiger partial charge >= 0.3 is 0 Å². The van der Waals surface area contributed by atoms with Gasteiger partial charge < -0.3 is 5.32 Å². The van der Waals surface area contributed by atoms with Gasteiger partial charge in [0.1, 0.15) is 5.03 Å². The smallest absolute Gasteiger partial charge is 0.101 e. The third kappa shape index (κ3) is 4.86. The van der Waals surface area contributed by atoms with E-state index in [2.05, 4.69) is 41.5 Å². The van der Waals surface area contributed by atoms with Crippen molar-refractivity contribution >= 4 is 23.4 Å². The van der Waals surface area contributed by atoms with E-state index >= 15 is 0 Å². The van der Waals surface area contributed by atoms with Crippen LogP contribution in [0.4, 0.5) is 0 Å². The van der Waals surface area contributed by atoms with Gasteiger partial charge in [0, 0.05) is 17.6 Å². The SMILES string of the molecule is CCCNCc1ccc(Sc2ccc(Cl)cn2)cc1. The summed E-state index contributed by atoms with van der Waals surface area (Å²) in [6.07, 6.45) is 2.84. The third-order valence-electron chi connectivity index (χ3n) is 2.60. The summed E-state index contributed by atoms with van der Waals surface area (Å²) in [5.74, 6) is 0. The van der Waals surface area contributed by atoms with E-state index < -0.39 is 0 Å². The largest absolute Gasteiger partial charge is 0.313 e. The molecule has 0 unspecified atom stereocenters. The Morgan fingerprint density at radius 2 is 1.95 bits per heavy atom. The van der Waals surface area contributed by atoms with Crippen LogP contribution in [-0.4, -0.2) is 11.5 Å². The molecule has 0 aliphatic rings. The Bertz CT molecular complexity index is 497. The summed E-state index contributed by atoms with van der Waals surface area (Å²) in [5, 5.41) is 5.02. The van der Waals surface area contributed by atoms with Crippen LogP contribution in [-0.2, 0) is 6.54 Å². The molecule has 1 heterocycles. The van der Waals surface area contributed by atoms with Crippen molar-refractivity contribution in [1.82, 2.24) is 10.3 Å². The summed E-state index contributed by atoms with van der Waals surface area (Å²) in [6, 6.07) is 12.4. The zero-order valence-corrected chi connectivity index (χ0v) is 12.5.